The highest BCUT2D eigenvalue weighted by atomic mass is 16.5. The van der Waals surface area contributed by atoms with Gasteiger partial charge in [0.25, 0.3) is 11.4 Å². The number of hydrogen-bond donors (Lipinski definition) is 1. The van der Waals surface area contributed by atoms with Crippen LogP contribution in [0.25, 0.3) is 34.2 Å². The van der Waals surface area contributed by atoms with Crippen molar-refractivity contribution in [2.75, 3.05) is 0 Å². The zero-order valence-corrected chi connectivity index (χ0v) is 13.9. The normalized spacial score (nSPS) is 11.0. The van der Waals surface area contributed by atoms with Crippen LogP contribution in [0.15, 0.2) is 50.9 Å². The Morgan fingerprint density at radius 1 is 1.04 bits per heavy atom. The van der Waals surface area contributed by atoms with Crippen LogP contribution in [0.5, 0.6) is 0 Å². The highest BCUT2D eigenvalue weighted by Gasteiger charge is 2.18. The molecule has 0 bridgehead atoms. The van der Waals surface area contributed by atoms with Gasteiger partial charge in [0, 0.05) is 25.9 Å². The van der Waals surface area contributed by atoms with Gasteiger partial charge in [-0.1, -0.05) is 23.4 Å². The van der Waals surface area contributed by atoms with Crippen molar-refractivity contribution >= 4 is 0 Å². The number of H-pyrrole nitrogens is 1. The molecule has 3 heterocycles. The lowest BCUT2D eigenvalue weighted by molar-refractivity contribution is 0.432. The van der Waals surface area contributed by atoms with Crippen LogP contribution in [-0.4, -0.2) is 34.5 Å². The van der Waals surface area contributed by atoms with Gasteiger partial charge in [0.15, 0.2) is 5.82 Å². The third kappa shape index (κ3) is 2.62. The van der Waals surface area contributed by atoms with E-state index in [9.17, 15) is 9.59 Å². The predicted molar refractivity (Wildman–Crippen MR) is 91.0 cm³/mol. The molecule has 4 rings (SSSR count). The van der Waals surface area contributed by atoms with Crippen molar-refractivity contribution in [2.45, 2.75) is 0 Å². The molecule has 0 saturated carbocycles. The SMILES string of the molecule is Cn1cnc(-c2ccccc2-c2nc(-c3cn(C)c(=O)[nH]c3=O)no2)n1. The maximum absolute atomic E-state index is 12.0. The molecule has 1 N–H and O–H groups in total. The number of rotatable bonds is 3. The van der Waals surface area contributed by atoms with Crippen LogP contribution in [0.4, 0.5) is 0 Å². The molecule has 0 saturated heterocycles. The summed E-state index contributed by atoms with van der Waals surface area (Å²) in [4.78, 5) is 34.2. The largest absolute Gasteiger partial charge is 0.334 e. The molecule has 3 aromatic heterocycles. The monoisotopic (exact) mass is 351 g/mol. The van der Waals surface area contributed by atoms with Crippen molar-refractivity contribution in [1.29, 1.82) is 0 Å². The van der Waals surface area contributed by atoms with Crippen LogP contribution in [0.1, 0.15) is 0 Å². The molecule has 0 aliphatic rings. The Morgan fingerprint density at radius 2 is 1.81 bits per heavy atom. The van der Waals surface area contributed by atoms with Crippen LogP contribution in [-0.2, 0) is 14.1 Å². The van der Waals surface area contributed by atoms with Gasteiger partial charge < -0.3 is 9.09 Å². The summed E-state index contributed by atoms with van der Waals surface area (Å²) in [5.74, 6) is 0.819. The first-order chi connectivity index (χ1) is 12.5. The van der Waals surface area contributed by atoms with E-state index >= 15 is 0 Å². The van der Waals surface area contributed by atoms with Crippen LogP contribution in [0.3, 0.4) is 0 Å². The molecular weight excluding hydrogens is 338 g/mol. The van der Waals surface area contributed by atoms with Gasteiger partial charge in [0.05, 0.1) is 5.56 Å². The van der Waals surface area contributed by atoms with E-state index in [0.29, 0.717) is 11.4 Å². The molecule has 10 nitrogen and oxygen atoms in total. The summed E-state index contributed by atoms with van der Waals surface area (Å²) in [7, 11) is 3.29. The van der Waals surface area contributed by atoms with E-state index < -0.39 is 11.2 Å². The molecule has 0 atom stereocenters. The lowest BCUT2D eigenvalue weighted by Crippen LogP contribution is -2.28. The van der Waals surface area contributed by atoms with E-state index in [1.807, 2.05) is 18.2 Å². The number of aryl methyl sites for hydroxylation is 2. The standard InChI is InChI=1S/C16H13N7O3/c1-22-7-11(14(24)19-16(22)25)13-18-15(26-21-13)10-6-4-3-5-9(10)12-17-8-23(2)20-12/h3-8H,1-2H3,(H,19,24,25). The second kappa shape index (κ2) is 5.92. The summed E-state index contributed by atoms with van der Waals surface area (Å²) in [6, 6.07) is 7.32. The van der Waals surface area contributed by atoms with E-state index in [0.717, 1.165) is 5.56 Å². The molecule has 130 valence electrons. The van der Waals surface area contributed by atoms with Gasteiger partial charge >= 0.3 is 5.69 Å². The molecule has 1 aromatic carbocycles. The number of nitrogens with one attached hydrogen (secondary N) is 1. The lowest BCUT2D eigenvalue weighted by atomic mass is 10.1. The van der Waals surface area contributed by atoms with Crippen molar-refractivity contribution in [2.24, 2.45) is 14.1 Å². The zero-order chi connectivity index (χ0) is 18.3. The first kappa shape index (κ1) is 15.7. The molecule has 4 aromatic rings. The van der Waals surface area contributed by atoms with Crippen molar-refractivity contribution in [1.82, 2.24) is 34.5 Å². The minimum Gasteiger partial charge on any atom is -0.334 e. The Bertz CT molecular complexity index is 1210. The van der Waals surface area contributed by atoms with Crippen molar-refractivity contribution in [3.63, 3.8) is 0 Å². The number of hydrogen-bond acceptors (Lipinski definition) is 7. The molecule has 0 fully saturated rings. The quantitative estimate of drug-likeness (QED) is 0.572. The van der Waals surface area contributed by atoms with Gasteiger partial charge in [0.1, 0.15) is 11.9 Å². The number of benzene rings is 1. The fraction of sp³-hybridized carbons (Fsp3) is 0.125. The fourth-order valence-electron chi connectivity index (χ4n) is 2.49. The highest BCUT2D eigenvalue weighted by Crippen LogP contribution is 2.29. The molecule has 0 amide bonds. The summed E-state index contributed by atoms with van der Waals surface area (Å²) < 4.78 is 8.16. The molecule has 0 aliphatic heterocycles. The Morgan fingerprint density at radius 3 is 2.54 bits per heavy atom. The Labute approximate surface area is 145 Å². The van der Waals surface area contributed by atoms with Crippen molar-refractivity contribution in [3.05, 3.63) is 57.6 Å². The Balaban J connectivity index is 1.82. The zero-order valence-electron chi connectivity index (χ0n) is 13.9. The maximum atomic E-state index is 12.0. The summed E-state index contributed by atoms with van der Waals surface area (Å²) in [5, 5.41) is 8.16. The third-order valence-electron chi connectivity index (χ3n) is 3.77. The van der Waals surface area contributed by atoms with Crippen molar-refractivity contribution < 1.29 is 4.52 Å². The molecular formula is C16H13N7O3. The van der Waals surface area contributed by atoms with Crippen LogP contribution < -0.4 is 11.2 Å². The third-order valence-corrected chi connectivity index (χ3v) is 3.77. The van der Waals surface area contributed by atoms with Crippen LogP contribution in [0, 0.1) is 0 Å². The number of nitrogens with zero attached hydrogens (tertiary/aromatic N) is 6. The Kier molecular flexibility index (Phi) is 3.57. The first-order valence-corrected chi connectivity index (χ1v) is 7.62. The molecule has 10 heteroatoms. The van der Waals surface area contributed by atoms with E-state index in [2.05, 4.69) is 25.2 Å². The van der Waals surface area contributed by atoms with Crippen LogP contribution in [0.2, 0.25) is 0 Å². The highest BCUT2D eigenvalue weighted by molar-refractivity contribution is 5.76. The minimum atomic E-state index is -0.583. The Hall–Kier alpha value is -3.82. The van der Waals surface area contributed by atoms with E-state index in [1.165, 1.54) is 17.8 Å². The van der Waals surface area contributed by atoms with Gasteiger partial charge in [-0.3, -0.25) is 14.5 Å². The minimum absolute atomic E-state index is 0.0839. The average molecular weight is 351 g/mol. The van der Waals surface area contributed by atoms with Crippen molar-refractivity contribution in [3.8, 4) is 34.2 Å². The summed E-state index contributed by atoms with van der Waals surface area (Å²) >= 11 is 0. The van der Waals surface area contributed by atoms with Gasteiger partial charge in [-0.15, -0.1) is 0 Å². The summed E-state index contributed by atoms with van der Waals surface area (Å²) in [5.41, 5.74) is 0.390. The van der Waals surface area contributed by atoms with Gasteiger partial charge in [-0.2, -0.15) is 10.1 Å². The van der Waals surface area contributed by atoms with Gasteiger partial charge in [-0.05, 0) is 6.07 Å². The summed E-state index contributed by atoms with van der Waals surface area (Å²) in [6.07, 6.45) is 2.96. The second-order valence-electron chi connectivity index (χ2n) is 5.62. The first-order valence-electron chi connectivity index (χ1n) is 7.62. The average Bonchev–Trinajstić information content (AvgIpc) is 3.27. The molecule has 0 spiro atoms. The molecule has 0 radical (unpaired) electrons. The number of aromatic amines is 1. The lowest BCUT2D eigenvalue weighted by Gasteiger charge is -2.01. The smallest absolute Gasteiger partial charge is 0.328 e. The van der Waals surface area contributed by atoms with Gasteiger partial charge in [-0.25, -0.2) is 9.78 Å². The van der Waals surface area contributed by atoms with E-state index in [4.69, 9.17) is 4.52 Å². The number of aromatic nitrogens is 7. The fourth-order valence-corrected chi connectivity index (χ4v) is 2.49. The topological polar surface area (TPSA) is 124 Å². The maximum Gasteiger partial charge on any atom is 0.328 e. The summed E-state index contributed by atoms with van der Waals surface area (Å²) in [6.45, 7) is 0. The van der Waals surface area contributed by atoms with E-state index in [-0.39, 0.29) is 17.3 Å². The van der Waals surface area contributed by atoms with Crippen LogP contribution >= 0.6 is 0 Å². The molecule has 0 unspecified atom stereocenters. The molecule has 0 aliphatic carbocycles. The second-order valence-corrected chi connectivity index (χ2v) is 5.62. The van der Waals surface area contributed by atoms with E-state index in [1.54, 1.807) is 24.1 Å². The van der Waals surface area contributed by atoms with Gasteiger partial charge in [0.2, 0.25) is 5.82 Å². The molecule has 26 heavy (non-hydrogen) atoms. The predicted octanol–water partition coefficient (Wildman–Crippen LogP) is 0.586.